The summed E-state index contributed by atoms with van der Waals surface area (Å²) in [5.74, 6) is 1.69. The fourth-order valence-corrected chi connectivity index (χ4v) is 2.70. The zero-order valence-corrected chi connectivity index (χ0v) is 17.3. The average Bonchev–Trinajstić information content (AvgIpc) is 3.14. The van der Waals surface area contributed by atoms with Crippen LogP contribution in [-0.2, 0) is 24.8 Å². The highest BCUT2D eigenvalue weighted by Gasteiger charge is 2.01. The number of hydrogen-bond acceptors (Lipinski definition) is 4. The number of rotatable bonds is 12. The van der Waals surface area contributed by atoms with E-state index in [1.54, 1.807) is 7.11 Å². The van der Waals surface area contributed by atoms with Crippen LogP contribution in [0.15, 0.2) is 41.7 Å². The predicted octanol–water partition coefficient (Wildman–Crippen LogP) is 2.52. The van der Waals surface area contributed by atoms with Gasteiger partial charge >= 0.3 is 0 Å². The molecule has 154 valence electrons. The summed E-state index contributed by atoms with van der Waals surface area (Å²) in [5, 5.41) is 11.0. The molecule has 0 radical (unpaired) electrons. The fraction of sp³-hybridized carbons (Fsp3) is 0.524. The molecule has 0 saturated carbocycles. The Morgan fingerprint density at radius 2 is 1.86 bits per heavy atom. The summed E-state index contributed by atoms with van der Waals surface area (Å²) in [5.41, 5.74) is 2.40. The second kappa shape index (κ2) is 12.8. The van der Waals surface area contributed by atoms with Crippen LogP contribution in [0.5, 0.6) is 5.75 Å². The van der Waals surface area contributed by atoms with Gasteiger partial charge in [-0.2, -0.15) is 5.10 Å². The molecule has 0 aliphatic rings. The van der Waals surface area contributed by atoms with Gasteiger partial charge in [0, 0.05) is 39.5 Å². The third kappa shape index (κ3) is 8.43. The zero-order valence-electron chi connectivity index (χ0n) is 17.3. The van der Waals surface area contributed by atoms with Gasteiger partial charge in [-0.05, 0) is 49.4 Å². The van der Waals surface area contributed by atoms with Crippen molar-refractivity contribution in [2.75, 3.05) is 33.4 Å². The highest BCUT2D eigenvalue weighted by molar-refractivity contribution is 5.79. The molecule has 1 aromatic carbocycles. The van der Waals surface area contributed by atoms with Gasteiger partial charge < -0.3 is 20.1 Å². The Morgan fingerprint density at radius 1 is 1.11 bits per heavy atom. The summed E-state index contributed by atoms with van der Waals surface area (Å²) < 4.78 is 12.4. The molecule has 7 nitrogen and oxygen atoms in total. The average molecular weight is 388 g/mol. The lowest BCUT2D eigenvalue weighted by atomic mass is 10.2. The number of guanidine groups is 1. The lowest BCUT2D eigenvalue weighted by molar-refractivity contribution is 0.145. The van der Waals surface area contributed by atoms with Crippen LogP contribution in [0, 0.1) is 0 Å². The first-order chi connectivity index (χ1) is 13.7. The molecule has 0 amide bonds. The Balaban J connectivity index is 1.81. The molecule has 1 heterocycles. The van der Waals surface area contributed by atoms with E-state index in [-0.39, 0.29) is 0 Å². The number of hydrogen-bond donors (Lipinski definition) is 2. The molecule has 0 bridgehead atoms. The molecule has 0 saturated heterocycles. The van der Waals surface area contributed by atoms with E-state index in [9.17, 15) is 0 Å². The normalized spacial score (nSPS) is 11.5. The van der Waals surface area contributed by atoms with Crippen molar-refractivity contribution in [3.63, 3.8) is 0 Å². The molecule has 28 heavy (non-hydrogen) atoms. The van der Waals surface area contributed by atoms with Gasteiger partial charge in [0.15, 0.2) is 5.96 Å². The van der Waals surface area contributed by atoms with Crippen molar-refractivity contribution >= 4 is 5.96 Å². The fourth-order valence-electron chi connectivity index (χ4n) is 2.70. The van der Waals surface area contributed by atoms with Crippen molar-refractivity contribution in [2.45, 2.75) is 32.7 Å². The molecule has 0 spiro atoms. The summed E-state index contributed by atoms with van der Waals surface area (Å²) in [7, 11) is 3.62. The molecule has 7 heteroatoms. The highest BCUT2D eigenvalue weighted by Crippen LogP contribution is 2.11. The largest absolute Gasteiger partial charge is 0.497 e. The van der Waals surface area contributed by atoms with Gasteiger partial charge in [-0.1, -0.05) is 12.1 Å². The van der Waals surface area contributed by atoms with Crippen molar-refractivity contribution in [1.29, 1.82) is 0 Å². The minimum absolute atomic E-state index is 0.618. The molecular formula is C21H33N5O2. The number of nitrogens with zero attached hydrogens (tertiary/aromatic N) is 3. The maximum absolute atomic E-state index is 5.40. The van der Waals surface area contributed by atoms with E-state index in [4.69, 9.17) is 14.5 Å². The molecule has 2 rings (SSSR count). The topological polar surface area (TPSA) is 72.7 Å². The second-order valence-corrected chi connectivity index (χ2v) is 6.54. The van der Waals surface area contributed by atoms with E-state index < -0.39 is 0 Å². The molecule has 2 N–H and O–H groups in total. The first kappa shape index (κ1) is 21.8. The van der Waals surface area contributed by atoms with E-state index >= 15 is 0 Å². The molecule has 1 aromatic heterocycles. The van der Waals surface area contributed by atoms with Crippen LogP contribution in [0.3, 0.4) is 0 Å². The lowest BCUT2D eigenvalue weighted by Crippen LogP contribution is -2.38. The van der Waals surface area contributed by atoms with Crippen molar-refractivity contribution in [3.05, 3.63) is 47.8 Å². The Kier molecular flexibility index (Phi) is 9.93. The quantitative estimate of drug-likeness (QED) is 0.333. The van der Waals surface area contributed by atoms with Crippen LogP contribution in [0.25, 0.3) is 0 Å². The first-order valence-electron chi connectivity index (χ1n) is 9.91. The van der Waals surface area contributed by atoms with Crippen molar-refractivity contribution in [1.82, 2.24) is 20.4 Å². The Hall–Kier alpha value is -2.54. The SMILES string of the molecule is CCOCCCNC(=NCc1ccc(OC)cc1)NCCCc1cnn(C)c1. The number of aromatic nitrogens is 2. The van der Waals surface area contributed by atoms with E-state index in [0.29, 0.717) is 6.54 Å². The van der Waals surface area contributed by atoms with Crippen LogP contribution in [-0.4, -0.2) is 49.2 Å². The minimum atomic E-state index is 0.618. The summed E-state index contributed by atoms with van der Waals surface area (Å²) in [4.78, 5) is 4.71. The van der Waals surface area contributed by atoms with E-state index in [0.717, 1.165) is 62.8 Å². The monoisotopic (exact) mass is 387 g/mol. The lowest BCUT2D eigenvalue weighted by Gasteiger charge is -2.13. The van der Waals surface area contributed by atoms with Crippen LogP contribution >= 0.6 is 0 Å². The maximum Gasteiger partial charge on any atom is 0.191 e. The Bertz CT molecular complexity index is 697. The van der Waals surface area contributed by atoms with Gasteiger partial charge in [0.05, 0.1) is 19.9 Å². The van der Waals surface area contributed by atoms with Gasteiger partial charge in [-0.15, -0.1) is 0 Å². The number of ether oxygens (including phenoxy) is 2. The van der Waals surface area contributed by atoms with Crippen LogP contribution in [0.4, 0.5) is 0 Å². The minimum Gasteiger partial charge on any atom is -0.497 e. The van der Waals surface area contributed by atoms with Crippen LogP contribution in [0.1, 0.15) is 30.9 Å². The number of aryl methyl sites for hydroxylation is 2. The van der Waals surface area contributed by atoms with Crippen LogP contribution < -0.4 is 15.4 Å². The Labute approximate surface area is 168 Å². The smallest absolute Gasteiger partial charge is 0.191 e. The molecular weight excluding hydrogens is 354 g/mol. The Morgan fingerprint density at radius 3 is 2.50 bits per heavy atom. The number of methoxy groups -OCH3 is 1. The van der Waals surface area contributed by atoms with Crippen molar-refractivity contribution in [3.8, 4) is 5.75 Å². The van der Waals surface area contributed by atoms with Gasteiger partial charge in [0.25, 0.3) is 0 Å². The zero-order chi connectivity index (χ0) is 20.0. The van der Waals surface area contributed by atoms with Gasteiger partial charge in [-0.25, -0.2) is 4.99 Å². The standard InChI is InChI=1S/C21H33N5O2/c1-4-28-14-6-13-23-21(22-12-5-7-19-16-25-26(2)17-19)24-15-18-8-10-20(27-3)11-9-18/h8-11,16-17H,4-7,12-15H2,1-3H3,(H2,22,23,24). The van der Waals surface area contributed by atoms with Crippen molar-refractivity contribution < 1.29 is 9.47 Å². The summed E-state index contributed by atoms with van der Waals surface area (Å²) >= 11 is 0. The third-order valence-corrected chi connectivity index (χ3v) is 4.23. The summed E-state index contributed by atoms with van der Waals surface area (Å²) in [6.07, 6.45) is 6.95. The highest BCUT2D eigenvalue weighted by atomic mass is 16.5. The van der Waals surface area contributed by atoms with Gasteiger partial charge in [-0.3, -0.25) is 4.68 Å². The van der Waals surface area contributed by atoms with Crippen molar-refractivity contribution in [2.24, 2.45) is 12.0 Å². The summed E-state index contributed by atoms with van der Waals surface area (Å²) in [6.45, 7) is 5.83. The maximum atomic E-state index is 5.40. The van der Waals surface area contributed by atoms with Gasteiger partial charge in [0.2, 0.25) is 0 Å². The first-order valence-corrected chi connectivity index (χ1v) is 9.91. The number of nitrogens with one attached hydrogen (secondary N) is 2. The van der Waals surface area contributed by atoms with Gasteiger partial charge in [0.1, 0.15) is 5.75 Å². The molecule has 2 aromatic rings. The predicted molar refractivity (Wildman–Crippen MR) is 113 cm³/mol. The summed E-state index contributed by atoms with van der Waals surface area (Å²) in [6, 6.07) is 8.00. The van der Waals surface area contributed by atoms with E-state index in [2.05, 4.69) is 21.9 Å². The molecule has 0 aliphatic heterocycles. The molecule has 0 aliphatic carbocycles. The van der Waals surface area contributed by atoms with E-state index in [1.165, 1.54) is 5.56 Å². The molecule has 0 unspecified atom stereocenters. The third-order valence-electron chi connectivity index (χ3n) is 4.23. The molecule has 0 atom stereocenters. The van der Waals surface area contributed by atoms with E-state index in [1.807, 2.05) is 49.1 Å². The number of aliphatic imine (C=N–C) groups is 1. The number of benzene rings is 1. The van der Waals surface area contributed by atoms with Crippen LogP contribution in [0.2, 0.25) is 0 Å². The second-order valence-electron chi connectivity index (χ2n) is 6.54. The molecule has 0 fully saturated rings.